The third-order valence-corrected chi connectivity index (χ3v) is 7.77. The molecule has 0 aromatic carbocycles. The van der Waals surface area contributed by atoms with Gasteiger partial charge in [0.15, 0.2) is 0 Å². The number of nitrogens with zero attached hydrogens (tertiary/aromatic N) is 5. The van der Waals surface area contributed by atoms with Gasteiger partial charge in [-0.2, -0.15) is 9.40 Å². The third-order valence-electron chi connectivity index (χ3n) is 4.83. The fraction of sp³-hybridized carbons (Fsp3) is 0.316. The van der Waals surface area contributed by atoms with Crippen LogP contribution in [0.5, 0.6) is 0 Å². The number of piperazine rings is 1. The van der Waals surface area contributed by atoms with Crippen molar-refractivity contribution < 1.29 is 13.2 Å². The van der Waals surface area contributed by atoms with Crippen LogP contribution in [0.15, 0.2) is 47.1 Å². The van der Waals surface area contributed by atoms with Crippen molar-refractivity contribution in [2.75, 3.05) is 26.2 Å². The minimum absolute atomic E-state index is 0.0426. The average Bonchev–Trinajstić information content (AvgIpc) is 3.34. The van der Waals surface area contributed by atoms with Gasteiger partial charge in [0.25, 0.3) is 5.91 Å². The second kappa shape index (κ2) is 7.69. The predicted octanol–water partition coefficient (Wildman–Crippen LogP) is 2.00. The topological polar surface area (TPSA) is 88.4 Å². The van der Waals surface area contributed by atoms with Gasteiger partial charge in [-0.05, 0) is 36.1 Å². The van der Waals surface area contributed by atoms with E-state index in [0.29, 0.717) is 29.2 Å². The molecule has 0 bridgehead atoms. The monoisotopic (exact) mass is 431 g/mol. The Balaban J connectivity index is 1.54. The molecule has 4 rings (SSSR count). The van der Waals surface area contributed by atoms with Gasteiger partial charge in [-0.1, -0.05) is 0 Å². The Bertz CT molecular complexity index is 1130. The van der Waals surface area contributed by atoms with Crippen molar-refractivity contribution in [3.63, 3.8) is 0 Å². The molecule has 1 aliphatic rings. The van der Waals surface area contributed by atoms with E-state index < -0.39 is 10.0 Å². The maximum atomic E-state index is 13.3. The number of carbonyl (C=O) groups is 1. The zero-order valence-electron chi connectivity index (χ0n) is 16.1. The van der Waals surface area contributed by atoms with Crippen molar-refractivity contribution >= 4 is 27.3 Å². The van der Waals surface area contributed by atoms with Crippen molar-refractivity contribution in [3.05, 3.63) is 52.6 Å². The summed E-state index contributed by atoms with van der Waals surface area (Å²) in [5.41, 5.74) is 2.16. The van der Waals surface area contributed by atoms with E-state index in [2.05, 4.69) is 10.1 Å². The van der Waals surface area contributed by atoms with E-state index >= 15 is 0 Å². The van der Waals surface area contributed by atoms with Gasteiger partial charge < -0.3 is 4.90 Å². The number of sulfonamides is 1. The number of thiophene rings is 1. The van der Waals surface area contributed by atoms with Crippen LogP contribution < -0.4 is 0 Å². The summed E-state index contributed by atoms with van der Waals surface area (Å²) in [5.74, 6) is -0.0426. The molecule has 4 heterocycles. The molecule has 0 unspecified atom stereocenters. The lowest BCUT2D eigenvalue weighted by atomic mass is 10.2. The molecule has 0 aliphatic carbocycles. The number of carbonyl (C=O) groups excluding carboxylic acids is 1. The number of rotatable bonds is 4. The molecule has 1 fully saturated rings. The number of hydrogen-bond donors (Lipinski definition) is 0. The van der Waals surface area contributed by atoms with Gasteiger partial charge in [-0.25, -0.2) is 8.42 Å². The highest BCUT2D eigenvalue weighted by Crippen LogP contribution is 2.28. The summed E-state index contributed by atoms with van der Waals surface area (Å²) < 4.78 is 29.5. The van der Waals surface area contributed by atoms with Crippen LogP contribution in [-0.4, -0.2) is 64.5 Å². The normalized spacial score (nSPS) is 15.6. The van der Waals surface area contributed by atoms with Crippen molar-refractivity contribution in [1.82, 2.24) is 24.0 Å². The molecule has 0 atom stereocenters. The van der Waals surface area contributed by atoms with Gasteiger partial charge in [0.2, 0.25) is 10.0 Å². The zero-order valence-corrected chi connectivity index (χ0v) is 17.8. The summed E-state index contributed by atoms with van der Waals surface area (Å²) in [7, 11) is -2.04. The first-order valence-electron chi connectivity index (χ1n) is 9.15. The number of pyridine rings is 1. The highest BCUT2D eigenvalue weighted by Gasteiger charge is 2.33. The van der Waals surface area contributed by atoms with Gasteiger partial charge in [-0.3, -0.25) is 14.5 Å². The number of aryl methyl sites for hydroxylation is 2. The maximum absolute atomic E-state index is 13.3. The van der Waals surface area contributed by atoms with Crippen LogP contribution >= 0.6 is 11.3 Å². The molecule has 0 spiro atoms. The Morgan fingerprint density at radius 2 is 1.83 bits per heavy atom. The molecule has 0 radical (unpaired) electrons. The SMILES string of the molecule is Cc1csc(C(=O)N2CCN(S(=O)(=O)c3cn(C)nc3-c3ccncc3)CC2)c1. The van der Waals surface area contributed by atoms with Crippen molar-refractivity contribution in [3.8, 4) is 11.3 Å². The molecule has 29 heavy (non-hydrogen) atoms. The molecular formula is C19H21N5O3S2. The Morgan fingerprint density at radius 3 is 2.45 bits per heavy atom. The molecule has 1 aliphatic heterocycles. The standard InChI is InChI=1S/C19H21N5O3S2/c1-14-11-16(28-13-14)19(25)23-7-9-24(10-8-23)29(26,27)17-12-22(2)21-18(17)15-3-5-20-6-4-15/h3-6,11-13H,7-10H2,1-2H3. The smallest absolute Gasteiger partial charge is 0.264 e. The average molecular weight is 432 g/mol. The van der Waals surface area contributed by atoms with E-state index in [1.807, 2.05) is 18.4 Å². The summed E-state index contributed by atoms with van der Waals surface area (Å²) in [5, 5.41) is 6.29. The Morgan fingerprint density at radius 1 is 1.14 bits per heavy atom. The van der Waals surface area contributed by atoms with E-state index in [1.54, 1.807) is 36.5 Å². The Hall–Kier alpha value is -2.56. The molecule has 1 amide bonds. The molecule has 1 saturated heterocycles. The first kappa shape index (κ1) is 19.7. The van der Waals surface area contributed by atoms with Crippen LogP contribution in [0.25, 0.3) is 11.3 Å². The number of amides is 1. The van der Waals surface area contributed by atoms with E-state index in [0.717, 1.165) is 5.56 Å². The third kappa shape index (κ3) is 3.83. The second-order valence-electron chi connectivity index (χ2n) is 6.94. The highest BCUT2D eigenvalue weighted by atomic mass is 32.2. The minimum Gasteiger partial charge on any atom is -0.335 e. The first-order chi connectivity index (χ1) is 13.9. The van der Waals surface area contributed by atoms with Crippen LogP contribution in [-0.2, 0) is 17.1 Å². The molecule has 152 valence electrons. The largest absolute Gasteiger partial charge is 0.335 e. The molecular weight excluding hydrogens is 410 g/mol. The summed E-state index contributed by atoms with van der Waals surface area (Å²) in [6, 6.07) is 5.34. The van der Waals surface area contributed by atoms with Crippen molar-refractivity contribution in [1.29, 1.82) is 0 Å². The first-order valence-corrected chi connectivity index (χ1v) is 11.5. The Kier molecular flexibility index (Phi) is 5.24. The van der Waals surface area contributed by atoms with E-state index in [-0.39, 0.29) is 23.9 Å². The van der Waals surface area contributed by atoms with Gasteiger partial charge in [0.1, 0.15) is 10.6 Å². The van der Waals surface area contributed by atoms with Crippen LogP contribution in [0.4, 0.5) is 0 Å². The summed E-state index contributed by atoms with van der Waals surface area (Å²) in [6.45, 7) is 3.18. The molecule has 10 heteroatoms. The lowest BCUT2D eigenvalue weighted by Crippen LogP contribution is -2.50. The fourth-order valence-corrected chi connectivity index (χ4v) is 5.81. The minimum atomic E-state index is -3.74. The zero-order chi connectivity index (χ0) is 20.6. The lowest BCUT2D eigenvalue weighted by molar-refractivity contribution is 0.0702. The van der Waals surface area contributed by atoms with Gasteiger partial charge >= 0.3 is 0 Å². The molecule has 0 N–H and O–H groups in total. The fourth-order valence-electron chi connectivity index (χ4n) is 3.34. The maximum Gasteiger partial charge on any atom is 0.264 e. The van der Waals surface area contributed by atoms with Gasteiger partial charge in [0.05, 0.1) is 4.88 Å². The summed E-state index contributed by atoms with van der Waals surface area (Å²) >= 11 is 1.42. The van der Waals surface area contributed by atoms with Crippen LogP contribution in [0.3, 0.4) is 0 Å². The lowest BCUT2D eigenvalue weighted by Gasteiger charge is -2.33. The van der Waals surface area contributed by atoms with Gasteiger partial charge in [0, 0.05) is 57.4 Å². The molecule has 3 aromatic rings. The quantitative estimate of drug-likeness (QED) is 0.630. The Labute approximate surface area is 173 Å². The van der Waals surface area contributed by atoms with Crippen LogP contribution in [0, 0.1) is 6.92 Å². The molecule has 0 saturated carbocycles. The van der Waals surface area contributed by atoms with E-state index in [1.165, 1.54) is 26.5 Å². The second-order valence-corrected chi connectivity index (χ2v) is 9.75. The highest BCUT2D eigenvalue weighted by molar-refractivity contribution is 7.89. The summed E-state index contributed by atoms with van der Waals surface area (Å²) in [4.78, 5) is 19.2. The number of aromatic nitrogens is 3. The predicted molar refractivity (Wildman–Crippen MR) is 110 cm³/mol. The van der Waals surface area contributed by atoms with E-state index in [4.69, 9.17) is 0 Å². The van der Waals surface area contributed by atoms with E-state index in [9.17, 15) is 13.2 Å². The molecule has 8 nitrogen and oxygen atoms in total. The van der Waals surface area contributed by atoms with Crippen LogP contribution in [0.2, 0.25) is 0 Å². The van der Waals surface area contributed by atoms with Crippen molar-refractivity contribution in [2.45, 2.75) is 11.8 Å². The van der Waals surface area contributed by atoms with Crippen LogP contribution in [0.1, 0.15) is 15.2 Å². The van der Waals surface area contributed by atoms with Gasteiger partial charge in [-0.15, -0.1) is 11.3 Å². The van der Waals surface area contributed by atoms with Crippen molar-refractivity contribution in [2.24, 2.45) is 7.05 Å². The number of hydrogen-bond acceptors (Lipinski definition) is 6. The summed E-state index contributed by atoms with van der Waals surface area (Å²) in [6.07, 6.45) is 4.74. The molecule has 3 aromatic heterocycles.